The number of carbonyl (C=O) groups is 2. The summed E-state index contributed by atoms with van der Waals surface area (Å²) >= 11 is 0. The van der Waals surface area contributed by atoms with Gasteiger partial charge in [-0.1, -0.05) is 44.2 Å². The third-order valence-electron chi connectivity index (χ3n) is 6.76. The molecule has 3 rings (SSSR count). The van der Waals surface area contributed by atoms with Gasteiger partial charge in [0.1, 0.15) is 23.8 Å². The second-order valence-corrected chi connectivity index (χ2v) is 10.5. The summed E-state index contributed by atoms with van der Waals surface area (Å²) in [5.74, 6) is -2.40. The number of hydrogen-bond donors (Lipinski definition) is 3. The van der Waals surface area contributed by atoms with E-state index in [0.717, 1.165) is 36.6 Å². The fourth-order valence-electron chi connectivity index (χ4n) is 4.81. The van der Waals surface area contributed by atoms with Crippen LogP contribution in [-0.2, 0) is 17.8 Å². The van der Waals surface area contributed by atoms with Crippen molar-refractivity contribution in [2.24, 2.45) is 0 Å². The molecule has 0 aliphatic carbocycles. The van der Waals surface area contributed by atoms with E-state index in [1.54, 1.807) is 24.0 Å². The molecule has 2 amide bonds. The topological polar surface area (TPSA) is 99.1 Å². The average Bonchev–Trinajstić information content (AvgIpc) is 2.95. The van der Waals surface area contributed by atoms with Crippen molar-refractivity contribution in [2.45, 2.75) is 64.9 Å². The lowest BCUT2D eigenvalue weighted by atomic mass is 9.96. The van der Waals surface area contributed by atoms with Gasteiger partial charge in [0.2, 0.25) is 0 Å². The predicted octanol–water partition coefficient (Wildman–Crippen LogP) is 4.82. The van der Waals surface area contributed by atoms with Crippen LogP contribution in [0.4, 0.5) is 8.78 Å². The zero-order valence-corrected chi connectivity index (χ0v) is 24.4. The second-order valence-electron chi connectivity index (χ2n) is 10.5. The SMILES string of the molecule is CCCN(CCC)C(=O)c1cc(C)cc(C(=O)N[C@@H](Cc2cc(F)cc(F)c2)[C@@H](O)[C@@H](O)COCc2ccccc2)c1. The Morgan fingerprint density at radius 3 is 2.12 bits per heavy atom. The number of hydrogen-bond acceptors (Lipinski definition) is 5. The molecule has 0 aliphatic heterocycles. The van der Waals surface area contributed by atoms with Crippen molar-refractivity contribution >= 4 is 11.8 Å². The van der Waals surface area contributed by atoms with Crippen LogP contribution >= 0.6 is 0 Å². The first-order valence-electron chi connectivity index (χ1n) is 14.3. The second kappa shape index (κ2) is 16.1. The molecule has 0 fully saturated rings. The van der Waals surface area contributed by atoms with Gasteiger partial charge >= 0.3 is 0 Å². The van der Waals surface area contributed by atoms with Gasteiger partial charge in [-0.05, 0) is 73.2 Å². The molecular formula is C33H40F2N2O5. The molecule has 3 N–H and O–H groups in total. The number of aliphatic hydroxyl groups is 2. The molecule has 7 nitrogen and oxygen atoms in total. The molecule has 0 radical (unpaired) electrons. The Morgan fingerprint density at radius 2 is 1.50 bits per heavy atom. The molecule has 42 heavy (non-hydrogen) atoms. The summed E-state index contributed by atoms with van der Waals surface area (Å²) in [4.78, 5) is 28.4. The highest BCUT2D eigenvalue weighted by molar-refractivity contribution is 6.00. The van der Waals surface area contributed by atoms with Crippen LogP contribution in [-0.4, -0.2) is 64.9 Å². The van der Waals surface area contributed by atoms with E-state index in [4.69, 9.17) is 4.74 Å². The molecule has 0 bridgehead atoms. The van der Waals surface area contributed by atoms with E-state index < -0.39 is 35.8 Å². The maximum absolute atomic E-state index is 13.9. The van der Waals surface area contributed by atoms with Gasteiger partial charge in [0.25, 0.3) is 11.8 Å². The molecule has 0 aliphatic rings. The first-order chi connectivity index (χ1) is 20.1. The van der Waals surface area contributed by atoms with Crippen LogP contribution < -0.4 is 5.32 Å². The normalized spacial score (nSPS) is 13.3. The first kappa shape index (κ1) is 32.8. The molecule has 0 aromatic heterocycles. The number of aryl methyl sites for hydroxylation is 1. The molecule has 226 valence electrons. The van der Waals surface area contributed by atoms with Crippen molar-refractivity contribution in [1.29, 1.82) is 0 Å². The van der Waals surface area contributed by atoms with Crippen molar-refractivity contribution in [1.82, 2.24) is 10.2 Å². The van der Waals surface area contributed by atoms with Gasteiger partial charge in [-0.15, -0.1) is 0 Å². The summed E-state index contributed by atoms with van der Waals surface area (Å²) in [6.45, 7) is 6.88. The Kier molecular flexibility index (Phi) is 12.6. The maximum atomic E-state index is 13.9. The van der Waals surface area contributed by atoms with Gasteiger partial charge in [-0.3, -0.25) is 9.59 Å². The van der Waals surface area contributed by atoms with E-state index in [1.165, 1.54) is 6.07 Å². The van der Waals surface area contributed by atoms with E-state index in [1.807, 2.05) is 44.2 Å². The Bertz CT molecular complexity index is 1290. The molecule has 3 aromatic carbocycles. The summed E-state index contributed by atoms with van der Waals surface area (Å²) < 4.78 is 33.4. The van der Waals surface area contributed by atoms with Crippen LogP contribution in [0.15, 0.2) is 66.7 Å². The number of ether oxygens (including phenoxy) is 1. The molecule has 0 saturated carbocycles. The van der Waals surface area contributed by atoms with E-state index in [9.17, 15) is 28.6 Å². The molecule has 0 saturated heterocycles. The first-order valence-corrected chi connectivity index (χ1v) is 14.3. The van der Waals surface area contributed by atoms with Gasteiger partial charge in [0, 0.05) is 30.3 Å². The minimum absolute atomic E-state index is 0.171. The van der Waals surface area contributed by atoms with Crippen molar-refractivity contribution in [3.8, 4) is 0 Å². The third kappa shape index (κ3) is 9.72. The highest BCUT2D eigenvalue weighted by Gasteiger charge is 2.29. The fourth-order valence-corrected chi connectivity index (χ4v) is 4.81. The van der Waals surface area contributed by atoms with Gasteiger partial charge in [-0.25, -0.2) is 8.78 Å². The largest absolute Gasteiger partial charge is 0.388 e. The molecule has 3 atom stereocenters. The molecule has 0 spiro atoms. The van der Waals surface area contributed by atoms with E-state index in [-0.39, 0.29) is 36.7 Å². The maximum Gasteiger partial charge on any atom is 0.253 e. The number of halogens is 2. The molecule has 3 aromatic rings. The number of nitrogens with one attached hydrogen (secondary N) is 1. The average molecular weight is 583 g/mol. The monoisotopic (exact) mass is 582 g/mol. The van der Waals surface area contributed by atoms with Crippen molar-refractivity contribution < 1.29 is 33.3 Å². The number of aliphatic hydroxyl groups excluding tert-OH is 2. The fraction of sp³-hybridized carbons (Fsp3) is 0.394. The Hall–Kier alpha value is -3.66. The number of rotatable bonds is 15. The lowest BCUT2D eigenvalue weighted by Crippen LogP contribution is -2.51. The number of nitrogens with zero attached hydrogens (tertiary/aromatic N) is 1. The summed E-state index contributed by atoms with van der Waals surface area (Å²) in [5.41, 5.74) is 2.30. The van der Waals surface area contributed by atoms with E-state index in [2.05, 4.69) is 5.32 Å². The predicted molar refractivity (Wildman–Crippen MR) is 157 cm³/mol. The van der Waals surface area contributed by atoms with Crippen LogP contribution in [0.5, 0.6) is 0 Å². The van der Waals surface area contributed by atoms with E-state index in [0.29, 0.717) is 24.2 Å². The summed E-state index contributed by atoms with van der Waals surface area (Å²) in [6.07, 6.45) is -1.53. The summed E-state index contributed by atoms with van der Waals surface area (Å²) in [7, 11) is 0. The highest BCUT2D eigenvalue weighted by Crippen LogP contribution is 2.17. The molecule has 9 heteroatoms. The lowest BCUT2D eigenvalue weighted by Gasteiger charge is -2.28. The van der Waals surface area contributed by atoms with Crippen molar-refractivity contribution in [2.75, 3.05) is 19.7 Å². The lowest BCUT2D eigenvalue weighted by molar-refractivity contribution is -0.0543. The van der Waals surface area contributed by atoms with Gasteiger partial charge in [-0.2, -0.15) is 0 Å². The summed E-state index contributed by atoms with van der Waals surface area (Å²) in [6, 6.07) is 15.9. The standard InChI is InChI=1S/C33H40F2N2O5/c1-4-11-37(12-5-2)33(41)26-14-22(3)13-25(18-26)32(40)36-29(17-24-15-27(34)19-28(35)16-24)31(39)30(38)21-42-20-23-9-7-6-8-10-23/h6-10,13-16,18-19,29-31,38-39H,4-5,11-12,17,20-21H2,1-3H3,(H,36,40)/t29-,30-,31+/m0/s1. The van der Waals surface area contributed by atoms with Crippen molar-refractivity contribution in [3.63, 3.8) is 0 Å². The highest BCUT2D eigenvalue weighted by atomic mass is 19.1. The van der Waals surface area contributed by atoms with Crippen LogP contribution in [0.3, 0.4) is 0 Å². The zero-order valence-electron chi connectivity index (χ0n) is 24.4. The number of amides is 2. The number of benzene rings is 3. The quantitative estimate of drug-likeness (QED) is 0.239. The van der Waals surface area contributed by atoms with Gasteiger partial charge in [0.05, 0.1) is 19.3 Å². The van der Waals surface area contributed by atoms with E-state index >= 15 is 0 Å². The Morgan fingerprint density at radius 1 is 0.881 bits per heavy atom. The minimum atomic E-state index is -1.54. The van der Waals surface area contributed by atoms with Gasteiger partial charge in [0.15, 0.2) is 0 Å². The Balaban J connectivity index is 1.81. The van der Waals surface area contributed by atoms with Crippen LogP contribution in [0, 0.1) is 18.6 Å². The smallest absolute Gasteiger partial charge is 0.253 e. The Labute approximate surface area is 246 Å². The van der Waals surface area contributed by atoms with Crippen LogP contribution in [0.1, 0.15) is 64.1 Å². The van der Waals surface area contributed by atoms with Crippen molar-refractivity contribution in [3.05, 3.63) is 106 Å². The number of carbonyl (C=O) groups excluding carboxylic acids is 2. The minimum Gasteiger partial charge on any atom is -0.388 e. The zero-order chi connectivity index (χ0) is 30.6. The third-order valence-corrected chi connectivity index (χ3v) is 6.76. The molecular weight excluding hydrogens is 542 g/mol. The van der Waals surface area contributed by atoms with Gasteiger partial charge < -0.3 is 25.2 Å². The van der Waals surface area contributed by atoms with Crippen LogP contribution in [0.25, 0.3) is 0 Å². The molecule has 0 unspecified atom stereocenters. The van der Waals surface area contributed by atoms with Crippen LogP contribution in [0.2, 0.25) is 0 Å². The summed E-state index contributed by atoms with van der Waals surface area (Å²) in [5, 5.41) is 24.5. The molecule has 0 heterocycles.